The van der Waals surface area contributed by atoms with Gasteiger partial charge in [-0.05, 0) is 49.4 Å². The van der Waals surface area contributed by atoms with Crippen molar-refractivity contribution in [2.75, 3.05) is 26.8 Å². The predicted octanol–water partition coefficient (Wildman–Crippen LogP) is 5.22. The largest absolute Gasteiger partial charge is 0.515 e. The Morgan fingerprint density at radius 2 is 1.70 bits per heavy atom. The van der Waals surface area contributed by atoms with Gasteiger partial charge < -0.3 is 23.9 Å². The minimum absolute atomic E-state index is 0.102. The molecule has 0 aliphatic carbocycles. The van der Waals surface area contributed by atoms with Crippen molar-refractivity contribution < 1.29 is 32.2 Å². The van der Waals surface area contributed by atoms with Gasteiger partial charge in [-0.15, -0.1) is 0 Å². The van der Waals surface area contributed by atoms with E-state index < -0.39 is 16.2 Å². The third-order valence-electron chi connectivity index (χ3n) is 5.80. The summed E-state index contributed by atoms with van der Waals surface area (Å²) in [4.78, 5) is 19.7. The highest BCUT2D eigenvalue weighted by Gasteiger charge is 2.22. The second-order valence-electron chi connectivity index (χ2n) is 8.04. The molecule has 1 N–H and O–H groups in total. The maximum atomic E-state index is 12.7. The number of nitrogens with zero attached hydrogens (tertiary/aromatic N) is 2. The molecule has 37 heavy (non-hydrogen) atoms. The monoisotopic (exact) mass is 527 g/mol. The van der Waals surface area contributed by atoms with Crippen LogP contribution in [0.5, 0.6) is 17.4 Å². The van der Waals surface area contributed by atoms with Gasteiger partial charge >= 0.3 is 6.16 Å². The number of aromatic amines is 1. The summed E-state index contributed by atoms with van der Waals surface area (Å²) < 4.78 is 48.5. The number of benzene rings is 2. The zero-order chi connectivity index (χ0) is 26.6. The van der Waals surface area contributed by atoms with Crippen molar-refractivity contribution >= 4 is 38.0 Å². The number of nitrogens with one attached hydrogen (secondary N) is 1. The van der Waals surface area contributed by atoms with E-state index in [1.54, 1.807) is 52.3 Å². The highest BCUT2D eigenvalue weighted by Crippen LogP contribution is 2.36. The van der Waals surface area contributed by atoms with Crippen LogP contribution in [-0.4, -0.2) is 55.7 Å². The van der Waals surface area contributed by atoms with E-state index in [0.717, 1.165) is 21.8 Å². The molecule has 11 heteroatoms. The molecule has 0 saturated heterocycles. The number of carbonyl (C=O) groups excluding carboxylic acids is 1. The van der Waals surface area contributed by atoms with E-state index in [1.165, 1.54) is 16.4 Å². The number of H-pyrrole nitrogens is 1. The third-order valence-corrected chi connectivity index (χ3v) is 7.87. The maximum Gasteiger partial charge on any atom is 0.515 e. The molecule has 0 radical (unpaired) electrons. The molecule has 2 aromatic heterocycles. The number of methoxy groups -OCH3 is 1. The van der Waals surface area contributed by atoms with Crippen LogP contribution in [0, 0.1) is 0 Å². The van der Waals surface area contributed by atoms with Crippen molar-refractivity contribution in [3.05, 3.63) is 54.2 Å². The van der Waals surface area contributed by atoms with Gasteiger partial charge in [-0.2, -0.15) is 4.31 Å². The normalized spacial score (nSPS) is 11.8. The van der Waals surface area contributed by atoms with Crippen molar-refractivity contribution in [1.82, 2.24) is 14.3 Å². The molecule has 2 aromatic carbocycles. The van der Waals surface area contributed by atoms with Crippen LogP contribution < -0.4 is 9.47 Å². The molecule has 2 heterocycles. The number of hydrogen-bond acceptors (Lipinski definition) is 8. The van der Waals surface area contributed by atoms with Gasteiger partial charge in [0.05, 0.1) is 35.4 Å². The van der Waals surface area contributed by atoms with Gasteiger partial charge in [0.2, 0.25) is 15.9 Å². The topological polar surface area (TPSA) is 120 Å². The first-order chi connectivity index (χ1) is 17.8. The standard InChI is InChI=1S/C26H29N3O7S/c1-5-29(6-2)37(31,32)19-11-8-17(9-12-19)35-18-10-13-22-20(14-18)24-21(16-33-4)25(27-15-23(24)28-22)36-26(30)34-7-3/h8-15,28H,5-7,16H2,1-4H3. The Morgan fingerprint density at radius 3 is 2.35 bits per heavy atom. The molecular formula is C26H29N3O7S. The first kappa shape index (κ1) is 26.4. The van der Waals surface area contributed by atoms with E-state index in [0.29, 0.717) is 30.2 Å². The van der Waals surface area contributed by atoms with E-state index >= 15 is 0 Å². The molecule has 0 aliphatic rings. The maximum absolute atomic E-state index is 12.7. The molecule has 10 nitrogen and oxygen atoms in total. The van der Waals surface area contributed by atoms with Crippen LogP contribution in [0.3, 0.4) is 0 Å². The van der Waals surface area contributed by atoms with Gasteiger partial charge in [-0.3, -0.25) is 0 Å². The second kappa shape index (κ2) is 11.2. The average molecular weight is 528 g/mol. The summed E-state index contributed by atoms with van der Waals surface area (Å²) in [5, 5.41) is 1.59. The van der Waals surface area contributed by atoms with Crippen molar-refractivity contribution in [3.8, 4) is 17.4 Å². The fourth-order valence-electron chi connectivity index (χ4n) is 4.11. The average Bonchev–Trinajstić information content (AvgIpc) is 3.25. The predicted molar refractivity (Wildman–Crippen MR) is 139 cm³/mol. The number of fused-ring (bicyclic) bond motifs is 3. The first-order valence-electron chi connectivity index (χ1n) is 11.9. The molecule has 0 fully saturated rings. The molecule has 196 valence electrons. The Hall–Kier alpha value is -3.67. The van der Waals surface area contributed by atoms with Crippen LogP contribution >= 0.6 is 0 Å². The van der Waals surface area contributed by atoms with E-state index in [4.69, 9.17) is 18.9 Å². The molecule has 0 unspecified atom stereocenters. The summed E-state index contributed by atoms with van der Waals surface area (Å²) in [7, 11) is -2.01. The highest BCUT2D eigenvalue weighted by atomic mass is 32.2. The highest BCUT2D eigenvalue weighted by molar-refractivity contribution is 7.89. The second-order valence-corrected chi connectivity index (χ2v) is 9.98. The SMILES string of the molecule is CCOC(=O)Oc1ncc2[nH]c3ccc(Oc4ccc(S(=O)(=O)N(CC)CC)cc4)cc3c2c1COC. The summed E-state index contributed by atoms with van der Waals surface area (Å²) in [6.07, 6.45) is 0.737. The Balaban J connectivity index is 1.69. The van der Waals surface area contributed by atoms with Crippen molar-refractivity contribution in [2.24, 2.45) is 0 Å². The first-order valence-corrected chi connectivity index (χ1v) is 13.3. The van der Waals surface area contributed by atoms with Crippen molar-refractivity contribution in [3.63, 3.8) is 0 Å². The number of carbonyl (C=O) groups is 1. The van der Waals surface area contributed by atoms with Crippen LogP contribution in [-0.2, 0) is 26.1 Å². The molecule has 0 aliphatic heterocycles. The Bertz CT molecular complexity index is 1510. The molecule has 0 bridgehead atoms. The quantitative estimate of drug-likeness (QED) is 0.279. The van der Waals surface area contributed by atoms with Gasteiger partial charge in [-0.1, -0.05) is 13.8 Å². The molecule has 0 saturated carbocycles. The summed E-state index contributed by atoms with van der Waals surface area (Å²) in [6, 6.07) is 11.8. The lowest BCUT2D eigenvalue weighted by molar-refractivity contribution is 0.101. The molecule has 4 rings (SSSR count). The number of sulfonamides is 1. The molecule has 4 aromatic rings. The number of pyridine rings is 1. The van der Waals surface area contributed by atoms with E-state index in [9.17, 15) is 13.2 Å². The minimum atomic E-state index is -3.55. The minimum Gasteiger partial charge on any atom is -0.457 e. The fraction of sp³-hybridized carbons (Fsp3) is 0.308. The third kappa shape index (κ3) is 5.38. The van der Waals surface area contributed by atoms with E-state index in [1.807, 2.05) is 12.1 Å². The van der Waals surface area contributed by atoms with Gasteiger partial charge in [0.1, 0.15) is 11.5 Å². The molecular weight excluding hydrogens is 498 g/mol. The molecule has 0 atom stereocenters. The van der Waals surface area contributed by atoms with Gasteiger partial charge in [0.25, 0.3) is 0 Å². The lowest BCUT2D eigenvalue weighted by atomic mass is 10.1. The lowest BCUT2D eigenvalue weighted by Gasteiger charge is -2.18. The summed E-state index contributed by atoms with van der Waals surface area (Å²) in [5.74, 6) is 1.13. The van der Waals surface area contributed by atoms with Crippen LogP contribution in [0.15, 0.2) is 53.6 Å². The number of hydrogen-bond donors (Lipinski definition) is 1. The fourth-order valence-corrected chi connectivity index (χ4v) is 5.56. The summed E-state index contributed by atoms with van der Waals surface area (Å²) >= 11 is 0. The number of aromatic nitrogens is 2. The zero-order valence-corrected chi connectivity index (χ0v) is 21.9. The van der Waals surface area contributed by atoms with Crippen LogP contribution in [0.25, 0.3) is 21.8 Å². The van der Waals surface area contributed by atoms with Crippen LogP contribution in [0.4, 0.5) is 4.79 Å². The Morgan fingerprint density at radius 1 is 1.00 bits per heavy atom. The van der Waals surface area contributed by atoms with E-state index in [-0.39, 0.29) is 24.0 Å². The van der Waals surface area contributed by atoms with Crippen molar-refractivity contribution in [2.45, 2.75) is 32.3 Å². The number of ether oxygens (including phenoxy) is 4. The van der Waals surface area contributed by atoms with Crippen LogP contribution in [0.2, 0.25) is 0 Å². The van der Waals surface area contributed by atoms with E-state index in [2.05, 4.69) is 9.97 Å². The van der Waals surface area contributed by atoms with Crippen LogP contribution in [0.1, 0.15) is 26.3 Å². The summed E-state index contributed by atoms with van der Waals surface area (Å²) in [5.41, 5.74) is 2.15. The summed E-state index contributed by atoms with van der Waals surface area (Å²) in [6.45, 7) is 6.42. The van der Waals surface area contributed by atoms with Gasteiger partial charge in [-0.25, -0.2) is 18.2 Å². The van der Waals surface area contributed by atoms with Gasteiger partial charge in [0.15, 0.2) is 0 Å². The number of rotatable bonds is 10. The smallest absolute Gasteiger partial charge is 0.457 e. The molecule has 0 spiro atoms. The van der Waals surface area contributed by atoms with Crippen molar-refractivity contribution in [1.29, 1.82) is 0 Å². The Kier molecular flexibility index (Phi) is 7.96. The zero-order valence-electron chi connectivity index (χ0n) is 21.1. The lowest BCUT2D eigenvalue weighted by Crippen LogP contribution is -2.30. The molecule has 0 amide bonds. The Labute approximate surface area is 215 Å². The van der Waals surface area contributed by atoms with Gasteiger partial charge in [0, 0.05) is 36.5 Å².